The minimum absolute atomic E-state index is 0.109. The zero-order chi connectivity index (χ0) is 14.4. The first-order valence-electron chi connectivity index (χ1n) is 7.16. The molecule has 1 aliphatic heterocycles. The smallest absolute Gasteiger partial charge is 0.175 e. The zero-order valence-corrected chi connectivity index (χ0v) is 12.2. The van der Waals surface area contributed by atoms with Gasteiger partial charge in [0.05, 0.1) is 34.1 Å². The van der Waals surface area contributed by atoms with Crippen LogP contribution in [0.25, 0.3) is 15.8 Å². The Morgan fingerprint density at radius 1 is 1.29 bits per heavy atom. The van der Waals surface area contributed by atoms with Gasteiger partial charge in [0.1, 0.15) is 11.1 Å². The van der Waals surface area contributed by atoms with Crippen molar-refractivity contribution in [2.75, 3.05) is 0 Å². The summed E-state index contributed by atoms with van der Waals surface area (Å²) in [6, 6.07) is 7.86. The number of aromatic nitrogens is 1. The molecule has 1 N–H and O–H groups in total. The van der Waals surface area contributed by atoms with E-state index in [1.807, 2.05) is 24.3 Å². The molecule has 108 valence electrons. The highest BCUT2D eigenvalue weighted by molar-refractivity contribution is 7.19. The fourth-order valence-corrected chi connectivity index (χ4v) is 4.09. The first-order chi connectivity index (χ1) is 10.2. The lowest BCUT2D eigenvalue weighted by Crippen LogP contribution is -2.40. The zero-order valence-electron chi connectivity index (χ0n) is 11.4. The second kappa shape index (κ2) is 4.93. The first kappa shape index (κ1) is 13.0. The van der Waals surface area contributed by atoms with Gasteiger partial charge in [-0.15, -0.1) is 11.3 Å². The largest absolute Gasteiger partial charge is 0.496 e. The molecule has 0 bridgehead atoms. The molecule has 2 aliphatic rings. The van der Waals surface area contributed by atoms with Crippen LogP contribution >= 0.6 is 11.3 Å². The molecule has 3 unspecified atom stereocenters. The number of ether oxygens (including phenoxy) is 1. The predicted octanol–water partition coefficient (Wildman–Crippen LogP) is 2.77. The standard InChI is InChI=1S/C16H15NO3S/c18-9-5-6-10-13(7-9)20-8-11(15(10)19)16-17-12-3-1-2-4-14(12)21-16/h1-4,8-10,13,18H,5-7H2. The second-order valence-electron chi connectivity index (χ2n) is 5.63. The van der Waals surface area contributed by atoms with E-state index >= 15 is 0 Å². The van der Waals surface area contributed by atoms with Gasteiger partial charge < -0.3 is 9.84 Å². The summed E-state index contributed by atoms with van der Waals surface area (Å²) in [6.07, 6.45) is 2.91. The lowest BCUT2D eigenvalue weighted by atomic mass is 9.79. The van der Waals surface area contributed by atoms with Crippen molar-refractivity contribution in [2.45, 2.75) is 31.5 Å². The Hall–Kier alpha value is -1.72. The number of hydrogen-bond acceptors (Lipinski definition) is 5. The average molecular weight is 301 g/mol. The Bertz CT molecular complexity index is 703. The number of hydrogen-bond donors (Lipinski definition) is 1. The number of thiazole rings is 1. The van der Waals surface area contributed by atoms with Gasteiger partial charge in [-0.3, -0.25) is 4.79 Å². The number of ketones is 1. The van der Waals surface area contributed by atoms with Crippen LogP contribution in [0.4, 0.5) is 0 Å². The summed E-state index contributed by atoms with van der Waals surface area (Å²) in [7, 11) is 0. The molecule has 5 heteroatoms. The van der Waals surface area contributed by atoms with E-state index in [0.29, 0.717) is 24.8 Å². The molecule has 1 saturated carbocycles. The van der Waals surface area contributed by atoms with Gasteiger partial charge in [0, 0.05) is 6.42 Å². The van der Waals surface area contributed by atoms with Crippen molar-refractivity contribution in [2.24, 2.45) is 5.92 Å². The van der Waals surface area contributed by atoms with Crippen molar-refractivity contribution in [1.82, 2.24) is 4.98 Å². The Morgan fingerprint density at radius 3 is 3.00 bits per heavy atom. The van der Waals surface area contributed by atoms with E-state index in [4.69, 9.17) is 4.74 Å². The molecule has 0 radical (unpaired) electrons. The Labute approximate surface area is 126 Å². The molecule has 1 aromatic heterocycles. The highest BCUT2D eigenvalue weighted by Gasteiger charge is 2.40. The minimum atomic E-state index is -0.351. The van der Waals surface area contributed by atoms with E-state index < -0.39 is 0 Å². The van der Waals surface area contributed by atoms with Gasteiger partial charge in [0.2, 0.25) is 0 Å². The summed E-state index contributed by atoms with van der Waals surface area (Å²) in [6.45, 7) is 0. The number of Topliss-reactive ketones (excluding diaryl/α,β-unsaturated/α-hetero) is 1. The summed E-state index contributed by atoms with van der Waals surface area (Å²) in [5, 5.41) is 10.4. The van der Waals surface area contributed by atoms with Gasteiger partial charge in [-0.25, -0.2) is 4.98 Å². The number of carbonyl (C=O) groups excluding carboxylic acids is 1. The second-order valence-corrected chi connectivity index (χ2v) is 6.66. The van der Waals surface area contributed by atoms with E-state index in [1.165, 1.54) is 11.3 Å². The van der Waals surface area contributed by atoms with Crippen LogP contribution in [0.2, 0.25) is 0 Å². The van der Waals surface area contributed by atoms with Crippen LogP contribution in [-0.2, 0) is 9.53 Å². The summed E-state index contributed by atoms with van der Waals surface area (Å²) in [5.74, 6) is -0.0300. The number of fused-ring (bicyclic) bond motifs is 2. The van der Waals surface area contributed by atoms with Crippen LogP contribution in [0.5, 0.6) is 0 Å². The maximum absolute atomic E-state index is 12.7. The topological polar surface area (TPSA) is 59.4 Å². The lowest BCUT2D eigenvalue weighted by molar-refractivity contribution is -0.126. The van der Waals surface area contributed by atoms with Gasteiger partial charge in [-0.1, -0.05) is 12.1 Å². The third kappa shape index (κ3) is 2.17. The summed E-state index contributed by atoms with van der Waals surface area (Å²) >= 11 is 1.52. The maximum Gasteiger partial charge on any atom is 0.175 e. The quantitative estimate of drug-likeness (QED) is 0.880. The molecule has 4 nitrogen and oxygen atoms in total. The molecule has 4 rings (SSSR count). The van der Waals surface area contributed by atoms with Crippen molar-refractivity contribution in [3.8, 4) is 0 Å². The van der Waals surface area contributed by atoms with Gasteiger partial charge in [0.25, 0.3) is 0 Å². The van der Waals surface area contributed by atoms with E-state index in [0.717, 1.165) is 15.2 Å². The maximum atomic E-state index is 12.7. The van der Waals surface area contributed by atoms with Crippen molar-refractivity contribution < 1.29 is 14.6 Å². The normalized spacial score (nSPS) is 28.9. The monoisotopic (exact) mass is 301 g/mol. The van der Waals surface area contributed by atoms with Crippen LogP contribution in [0.15, 0.2) is 30.5 Å². The van der Waals surface area contributed by atoms with E-state index in [2.05, 4.69) is 4.98 Å². The predicted molar refractivity (Wildman–Crippen MR) is 80.8 cm³/mol. The molecule has 3 atom stereocenters. The fraction of sp³-hybridized carbons (Fsp3) is 0.375. The molecule has 0 saturated heterocycles. The number of aliphatic hydroxyl groups is 1. The van der Waals surface area contributed by atoms with Crippen LogP contribution in [-0.4, -0.2) is 28.1 Å². The molecule has 1 fully saturated rings. The lowest BCUT2D eigenvalue weighted by Gasteiger charge is -2.35. The third-order valence-corrected chi connectivity index (χ3v) is 5.32. The molecule has 0 amide bonds. The Morgan fingerprint density at radius 2 is 2.14 bits per heavy atom. The van der Waals surface area contributed by atoms with Crippen LogP contribution in [0.1, 0.15) is 24.3 Å². The van der Waals surface area contributed by atoms with E-state index in [-0.39, 0.29) is 23.9 Å². The van der Waals surface area contributed by atoms with E-state index in [9.17, 15) is 9.90 Å². The molecule has 0 spiro atoms. The molecule has 2 heterocycles. The van der Waals surface area contributed by atoms with Crippen LogP contribution < -0.4 is 0 Å². The summed E-state index contributed by atoms with van der Waals surface area (Å²) < 4.78 is 6.78. The van der Waals surface area contributed by atoms with Crippen LogP contribution in [0, 0.1) is 5.92 Å². The van der Waals surface area contributed by atoms with Gasteiger partial charge in [-0.05, 0) is 25.0 Å². The van der Waals surface area contributed by atoms with Gasteiger partial charge in [0.15, 0.2) is 5.78 Å². The first-order valence-corrected chi connectivity index (χ1v) is 7.98. The van der Waals surface area contributed by atoms with Gasteiger partial charge in [-0.2, -0.15) is 0 Å². The molecule has 1 aromatic carbocycles. The Balaban J connectivity index is 1.70. The molecular formula is C16H15NO3S. The fourth-order valence-electron chi connectivity index (χ4n) is 3.11. The summed E-state index contributed by atoms with van der Waals surface area (Å²) in [5.41, 5.74) is 1.49. The van der Waals surface area contributed by atoms with Crippen molar-refractivity contribution in [1.29, 1.82) is 0 Å². The molecule has 21 heavy (non-hydrogen) atoms. The minimum Gasteiger partial charge on any atom is -0.496 e. The molecule has 2 aromatic rings. The average Bonchev–Trinajstić information content (AvgIpc) is 2.91. The number of para-hydroxylation sites is 1. The highest BCUT2D eigenvalue weighted by atomic mass is 32.1. The number of allylic oxidation sites excluding steroid dienone is 1. The number of nitrogens with zero attached hydrogens (tertiary/aromatic N) is 1. The third-order valence-electron chi connectivity index (χ3n) is 4.25. The number of aliphatic hydroxyl groups excluding tert-OH is 1. The summed E-state index contributed by atoms with van der Waals surface area (Å²) in [4.78, 5) is 17.2. The van der Waals surface area contributed by atoms with E-state index in [1.54, 1.807) is 6.26 Å². The van der Waals surface area contributed by atoms with Crippen molar-refractivity contribution >= 4 is 32.9 Å². The number of benzene rings is 1. The molecular weight excluding hydrogens is 286 g/mol. The highest BCUT2D eigenvalue weighted by Crippen LogP contribution is 2.38. The molecule has 1 aliphatic carbocycles. The number of carbonyl (C=O) groups is 1. The SMILES string of the molecule is O=C1C(c2nc3ccccc3s2)=COC2CC(O)CCC12. The van der Waals surface area contributed by atoms with Gasteiger partial charge >= 0.3 is 0 Å². The Kier molecular flexibility index (Phi) is 3.05. The van der Waals surface area contributed by atoms with Crippen molar-refractivity contribution in [3.05, 3.63) is 35.5 Å². The van der Waals surface area contributed by atoms with Crippen molar-refractivity contribution in [3.63, 3.8) is 0 Å². The number of rotatable bonds is 1. The van der Waals surface area contributed by atoms with Crippen LogP contribution in [0.3, 0.4) is 0 Å².